The minimum atomic E-state index is -1.15. The molecule has 0 N–H and O–H groups in total. The van der Waals surface area contributed by atoms with Crippen molar-refractivity contribution in [2.45, 2.75) is 40.3 Å². The summed E-state index contributed by atoms with van der Waals surface area (Å²) in [5.41, 5.74) is 2.90. The monoisotopic (exact) mass is 489 g/mol. The van der Waals surface area contributed by atoms with Crippen LogP contribution >= 0.6 is 0 Å². The van der Waals surface area contributed by atoms with Crippen LogP contribution in [0.3, 0.4) is 0 Å². The van der Waals surface area contributed by atoms with Crippen molar-refractivity contribution in [3.8, 4) is 0 Å². The van der Waals surface area contributed by atoms with Gasteiger partial charge in [-0.15, -0.1) is 0 Å². The standard InChI is InChI=1S/C28H32FN5O2/c1-5-34-24-9-8-21(15-25(24)32(4)26(35)28(2,3)27(34)36)18-33(14-11-20-7-6-12-30-16-20)19-22-10-13-31-17-23(22)29/h6-10,12-13,15-17H,5,11,14,18-19H2,1-4H3. The van der Waals surface area contributed by atoms with Gasteiger partial charge in [-0.1, -0.05) is 12.1 Å². The Morgan fingerprint density at radius 2 is 1.72 bits per heavy atom. The molecule has 0 fully saturated rings. The quantitative estimate of drug-likeness (QED) is 0.443. The summed E-state index contributed by atoms with van der Waals surface area (Å²) in [7, 11) is 1.71. The van der Waals surface area contributed by atoms with Gasteiger partial charge in [0.1, 0.15) is 11.2 Å². The fourth-order valence-electron chi connectivity index (χ4n) is 4.62. The van der Waals surface area contributed by atoms with Gasteiger partial charge in [-0.25, -0.2) is 4.39 Å². The van der Waals surface area contributed by atoms with Gasteiger partial charge in [-0.3, -0.25) is 24.5 Å². The summed E-state index contributed by atoms with van der Waals surface area (Å²) >= 11 is 0. The molecule has 0 atom stereocenters. The van der Waals surface area contributed by atoms with E-state index in [0.717, 1.165) is 23.2 Å². The third-order valence-electron chi connectivity index (χ3n) is 6.72. The number of halogens is 1. The van der Waals surface area contributed by atoms with E-state index in [0.29, 0.717) is 37.4 Å². The molecule has 7 nitrogen and oxygen atoms in total. The molecule has 1 aliphatic heterocycles. The normalized spacial score (nSPS) is 15.3. The Balaban J connectivity index is 1.64. The van der Waals surface area contributed by atoms with Crippen molar-refractivity contribution in [3.05, 3.63) is 83.7 Å². The number of rotatable bonds is 8. The smallest absolute Gasteiger partial charge is 0.242 e. The van der Waals surface area contributed by atoms with Gasteiger partial charge < -0.3 is 9.80 Å². The first kappa shape index (κ1) is 25.4. The lowest BCUT2D eigenvalue weighted by molar-refractivity contribution is -0.137. The van der Waals surface area contributed by atoms with Crippen LogP contribution in [0.1, 0.15) is 37.5 Å². The number of benzene rings is 1. The number of pyridine rings is 2. The molecule has 0 spiro atoms. The maximum Gasteiger partial charge on any atom is 0.242 e. The highest BCUT2D eigenvalue weighted by Gasteiger charge is 2.45. The Morgan fingerprint density at radius 1 is 0.944 bits per heavy atom. The molecular formula is C28H32FN5O2. The number of anilines is 2. The first-order chi connectivity index (χ1) is 17.2. The van der Waals surface area contributed by atoms with Crippen molar-refractivity contribution in [2.24, 2.45) is 5.41 Å². The summed E-state index contributed by atoms with van der Waals surface area (Å²) in [5, 5.41) is 0. The van der Waals surface area contributed by atoms with E-state index in [4.69, 9.17) is 0 Å². The average Bonchev–Trinajstić information content (AvgIpc) is 2.93. The van der Waals surface area contributed by atoms with Crippen LogP contribution in [0, 0.1) is 11.2 Å². The van der Waals surface area contributed by atoms with Gasteiger partial charge in [-0.05, 0) is 62.6 Å². The van der Waals surface area contributed by atoms with E-state index < -0.39 is 5.41 Å². The molecule has 2 aromatic heterocycles. The molecular weight excluding hydrogens is 457 g/mol. The third-order valence-corrected chi connectivity index (χ3v) is 6.72. The van der Waals surface area contributed by atoms with E-state index in [1.54, 1.807) is 49.2 Å². The molecule has 1 aliphatic rings. The van der Waals surface area contributed by atoms with Crippen LogP contribution in [0.5, 0.6) is 0 Å². The number of aromatic nitrogens is 2. The average molecular weight is 490 g/mol. The van der Waals surface area contributed by atoms with Gasteiger partial charge in [0.2, 0.25) is 11.8 Å². The summed E-state index contributed by atoms with van der Waals surface area (Å²) in [5.74, 6) is -0.788. The molecule has 0 radical (unpaired) electrons. The summed E-state index contributed by atoms with van der Waals surface area (Å²) in [6.45, 7) is 7.36. The largest absolute Gasteiger partial charge is 0.313 e. The Morgan fingerprint density at radius 3 is 2.42 bits per heavy atom. The lowest BCUT2D eigenvalue weighted by Gasteiger charge is -2.27. The summed E-state index contributed by atoms with van der Waals surface area (Å²) in [4.78, 5) is 39.8. The second-order valence-electron chi connectivity index (χ2n) is 9.65. The fraction of sp³-hybridized carbons (Fsp3) is 0.357. The van der Waals surface area contributed by atoms with Crippen LogP contribution in [0.2, 0.25) is 0 Å². The van der Waals surface area contributed by atoms with E-state index >= 15 is 0 Å². The Bertz CT molecular complexity index is 1250. The number of hydrogen-bond acceptors (Lipinski definition) is 5. The van der Waals surface area contributed by atoms with Crippen LogP contribution in [0.4, 0.5) is 15.8 Å². The molecule has 4 rings (SSSR count). The molecule has 8 heteroatoms. The highest BCUT2D eigenvalue weighted by Crippen LogP contribution is 2.39. The first-order valence-corrected chi connectivity index (χ1v) is 12.1. The molecule has 1 aromatic carbocycles. The molecule has 3 heterocycles. The topological polar surface area (TPSA) is 69.6 Å². The predicted molar refractivity (Wildman–Crippen MR) is 138 cm³/mol. The maximum atomic E-state index is 14.4. The van der Waals surface area contributed by atoms with Gasteiger partial charge >= 0.3 is 0 Å². The molecule has 0 aliphatic carbocycles. The van der Waals surface area contributed by atoms with E-state index in [2.05, 4.69) is 14.9 Å². The van der Waals surface area contributed by atoms with Crippen molar-refractivity contribution in [1.82, 2.24) is 14.9 Å². The van der Waals surface area contributed by atoms with Crippen molar-refractivity contribution in [2.75, 3.05) is 29.9 Å². The SMILES string of the molecule is CCN1C(=O)C(C)(C)C(=O)N(C)c2cc(CN(CCc3cccnc3)Cc3ccncc3F)ccc21. The van der Waals surface area contributed by atoms with Gasteiger partial charge in [0.25, 0.3) is 0 Å². The Labute approximate surface area is 211 Å². The summed E-state index contributed by atoms with van der Waals surface area (Å²) in [6, 6.07) is 11.5. The number of hydrogen-bond donors (Lipinski definition) is 0. The molecule has 36 heavy (non-hydrogen) atoms. The van der Waals surface area contributed by atoms with Crippen molar-refractivity contribution in [1.29, 1.82) is 0 Å². The predicted octanol–water partition coefficient (Wildman–Crippen LogP) is 4.22. The van der Waals surface area contributed by atoms with Crippen molar-refractivity contribution >= 4 is 23.2 Å². The summed E-state index contributed by atoms with van der Waals surface area (Å²) in [6.07, 6.45) is 7.17. The van der Waals surface area contributed by atoms with E-state index in [1.807, 2.05) is 43.5 Å². The fourth-order valence-corrected chi connectivity index (χ4v) is 4.62. The molecule has 0 unspecified atom stereocenters. The zero-order chi connectivity index (χ0) is 25.9. The molecule has 3 aromatic rings. The molecule has 0 saturated heterocycles. The second-order valence-corrected chi connectivity index (χ2v) is 9.65. The van der Waals surface area contributed by atoms with E-state index in [1.165, 1.54) is 6.20 Å². The highest BCUT2D eigenvalue weighted by molar-refractivity contribution is 6.19. The lowest BCUT2D eigenvalue weighted by Crippen LogP contribution is -2.47. The van der Waals surface area contributed by atoms with Crippen LogP contribution < -0.4 is 9.80 Å². The van der Waals surface area contributed by atoms with Crippen molar-refractivity contribution < 1.29 is 14.0 Å². The number of carbonyl (C=O) groups is 2. The van der Waals surface area contributed by atoms with Gasteiger partial charge in [0, 0.05) is 57.4 Å². The van der Waals surface area contributed by atoms with Crippen LogP contribution in [0.15, 0.2) is 61.2 Å². The lowest BCUT2D eigenvalue weighted by atomic mass is 9.90. The van der Waals surface area contributed by atoms with Gasteiger partial charge in [0.05, 0.1) is 17.6 Å². The first-order valence-electron chi connectivity index (χ1n) is 12.1. The Hall–Kier alpha value is -3.65. The third kappa shape index (κ3) is 5.14. The molecule has 0 bridgehead atoms. The van der Waals surface area contributed by atoms with E-state index in [9.17, 15) is 14.0 Å². The van der Waals surface area contributed by atoms with Crippen LogP contribution in [-0.4, -0.2) is 46.8 Å². The Kier molecular flexibility index (Phi) is 7.45. The number of nitrogens with zero attached hydrogens (tertiary/aromatic N) is 5. The molecule has 188 valence electrons. The summed E-state index contributed by atoms with van der Waals surface area (Å²) < 4.78 is 14.4. The number of amides is 2. The molecule has 0 saturated carbocycles. The molecule has 2 amide bonds. The highest BCUT2D eigenvalue weighted by atomic mass is 19.1. The van der Waals surface area contributed by atoms with Crippen LogP contribution in [0.25, 0.3) is 0 Å². The van der Waals surface area contributed by atoms with Gasteiger partial charge in [-0.2, -0.15) is 0 Å². The van der Waals surface area contributed by atoms with Crippen LogP contribution in [-0.2, 0) is 29.1 Å². The van der Waals surface area contributed by atoms with Crippen molar-refractivity contribution in [3.63, 3.8) is 0 Å². The zero-order valence-electron chi connectivity index (χ0n) is 21.2. The second kappa shape index (κ2) is 10.5. The number of fused-ring (bicyclic) bond motifs is 1. The van der Waals surface area contributed by atoms with Gasteiger partial charge in [0.15, 0.2) is 0 Å². The minimum absolute atomic E-state index is 0.209. The minimum Gasteiger partial charge on any atom is -0.313 e. The van der Waals surface area contributed by atoms with E-state index in [-0.39, 0.29) is 17.6 Å². The maximum absolute atomic E-state index is 14.4. The number of carbonyl (C=O) groups excluding carboxylic acids is 2. The zero-order valence-corrected chi connectivity index (χ0v) is 21.2.